The lowest BCUT2D eigenvalue weighted by atomic mass is 9.98. The number of allylic oxidation sites excluding steroid dienone is 2. The van der Waals surface area contributed by atoms with Gasteiger partial charge in [-0.25, -0.2) is 0 Å². The molecule has 0 aromatic carbocycles. The molecule has 15 nitrogen and oxygen atoms in total. The number of aliphatic hydroxyl groups is 7. The molecule has 4 unspecified atom stereocenters. The Balaban J connectivity index is 1.80. The SMILES string of the molecule is CCCCCCCC/C=C/CCCCCCCCCC(=O)OC[C@@H](CO[C@@H]1O[C@H](CO[C@@H]2O[C@H](CO)[C@H](O)C(O)C2O)[C@H](O)C(O)C1O)OC(=O)CCCCCCCCCCCCCC. The van der Waals surface area contributed by atoms with E-state index in [2.05, 4.69) is 26.0 Å². The number of rotatable bonds is 40. The number of ether oxygens (including phenoxy) is 6. The molecular formula is C50H92O15. The van der Waals surface area contributed by atoms with E-state index in [-0.39, 0.29) is 26.1 Å². The molecule has 11 atom stereocenters. The average molecular weight is 933 g/mol. The summed E-state index contributed by atoms with van der Waals surface area (Å²) in [6, 6.07) is 0. The maximum absolute atomic E-state index is 13.0. The van der Waals surface area contributed by atoms with Crippen LogP contribution in [0.1, 0.15) is 200 Å². The topological polar surface area (TPSA) is 231 Å². The third kappa shape index (κ3) is 26.5. The van der Waals surface area contributed by atoms with Crippen molar-refractivity contribution in [3.05, 3.63) is 12.2 Å². The minimum Gasteiger partial charge on any atom is -0.462 e. The van der Waals surface area contributed by atoms with Crippen molar-refractivity contribution in [2.45, 2.75) is 268 Å². The van der Waals surface area contributed by atoms with Gasteiger partial charge in [0, 0.05) is 12.8 Å². The molecule has 7 N–H and O–H groups in total. The number of carbonyl (C=O) groups excluding carboxylic acids is 2. The van der Waals surface area contributed by atoms with Crippen molar-refractivity contribution in [1.29, 1.82) is 0 Å². The molecule has 0 aromatic heterocycles. The Morgan fingerprint density at radius 1 is 0.477 bits per heavy atom. The molecule has 65 heavy (non-hydrogen) atoms. The van der Waals surface area contributed by atoms with Crippen LogP contribution in [-0.2, 0) is 38.0 Å². The van der Waals surface area contributed by atoms with Crippen LogP contribution in [0.2, 0.25) is 0 Å². The first-order valence-corrected chi connectivity index (χ1v) is 25.8. The molecule has 2 aliphatic heterocycles. The molecule has 0 radical (unpaired) electrons. The Morgan fingerprint density at radius 2 is 0.877 bits per heavy atom. The predicted molar refractivity (Wildman–Crippen MR) is 248 cm³/mol. The quantitative estimate of drug-likeness (QED) is 0.0187. The van der Waals surface area contributed by atoms with E-state index in [1.54, 1.807) is 0 Å². The largest absolute Gasteiger partial charge is 0.462 e. The number of esters is 2. The van der Waals surface area contributed by atoms with Gasteiger partial charge in [0.2, 0.25) is 0 Å². The molecule has 2 saturated heterocycles. The number of aliphatic hydroxyl groups excluding tert-OH is 7. The summed E-state index contributed by atoms with van der Waals surface area (Å²) in [6.45, 7) is 2.59. The van der Waals surface area contributed by atoms with Crippen LogP contribution >= 0.6 is 0 Å². The van der Waals surface area contributed by atoms with Crippen LogP contribution in [0.15, 0.2) is 12.2 Å². The van der Waals surface area contributed by atoms with E-state index in [0.29, 0.717) is 12.8 Å². The summed E-state index contributed by atoms with van der Waals surface area (Å²) >= 11 is 0. The van der Waals surface area contributed by atoms with E-state index in [4.69, 9.17) is 28.4 Å². The molecule has 0 aliphatic carbocycles. The van der Waals surface area contributed by atoms with E-state index >= 15 is 0 Å². The van der Waals surface area contributed by atoms with Crippen LogP contribution in [0.4, 0.5) is 0 Å². The monoisotopic (exact) mass is 933 g/mol. The van der Waals surface area contributed by atoms with Crippen molar-refractivity contribution in [3.8, 4) is 0 Å². The van der Waals surface area contributed by atoms with Crippen molar-refractivity contribution in [1.82, 2.24) is 0 Å². The summed E-state index contributed by atoms with van der Waals surface area (Å²) in [4.78, 5) is 25.7. The summed E-state index contributed by atoms with van der Waals surface area (Å²) in [7, 11) is 0. The number of hydrogen-bond donors (Lipinski definition) is 7. The second kappa shape index (κ2) is 38.1. The lowest BCUT2D eigenvalue weighted by Crippen LogP contribution is -2.61. The Hall–Kier alpha value is -1.76. The minimum atomic E-state index is -1.76. The summed E-state index contributed by atoms with van der Waals surface area (Å²) in [5, 5.41) is 72.0. The van der Waals surface area contributed by atoms with Crippen molar-refractivity contribution < 1.29 is 73.8 Å². The van der Waals surface area contributed by atoms with Gasteiger partial charge in [0.05, 0.1) is 19.8 Å². The van der Waals surface area contributed by atoms with E-state index < -0.39 is 92.7 Å². The Morgan fingerprint density at radius 3 is 1.35 bits per heavy atom. The molecule has 0 bridgehead atoms. The molecule has 15 heteroatoms. The van der Waals surface area contributed by atoms with Crippen LogP contribution in [0, 0.1) is 0 Å². The predicted octanol–water partition coefficient (Wildman–Crippen LogP) is 6.99. The number of unbranched alkanes of at least 4 members (excludes halogenated alkanes) is 24. The fraction of sp³-hybridized carbons (Fsp3) is 0.920. The van der Waals surface area contributed by atoms with Crippen molar-refractivity contribution in [2.24, 2.45) is 0 Å². The molecule has 2 heterocycles. The lowest BCUT2D eigenvalue weighted by molar-refractivity contribution is -0.332. The van der Waals surface area contributed by atoms with Gasteiger partial charge < -0.3 is 64.2 Å². The zero-order valence-corrected chi connectivity index (χ0v) is 40.2. The molecule has 2 rings (SSSR count). The maximum atomic E-state index is 13.0. The van der Waals surface area contributed by atoms with Gasteiger partial charge in [-0.05, 0) is 38.5 Å². The Kier molecular flexibility index (Phi) is 34.8. The van der Waals surface area contributed by atoms with Gasteiger partial charge in [0.25, 0.3) is 0 Å². The first-order valence-electron chi connectivity index (χ1n) is 25.8. The molecule has 2 fully saturated rings. The fourth-order valence-electron chi connectivity index (χ4n) is 8.21. The second-order valence-corrected chi connectivity index (χ2v) is 18.4. The van der Waals surface area contributed by atoms with Crippen molar-refractivity contribution >= 4 is 11.9 Å². The Bertz CT molecular complexity index is 1190. The van der Waals surface area contributed by atoms with Crippen LogP contribution in [0.25, 0.3) is 0 Å². The van der Waals surface area contributed by atoms with Gasteiger partial charge in [-0.2, -0.15) is 0 Å². The van der Waals surface area contributed by atoms with Crippen molar-refractivity contribution in [2.75, 3.05) is 26.4 Å². The van der Waals surface area contributed by atoms with Crippen LogP contribution in [-0.4, -0.2) is 142 Å². The van der Waals surface area contributed by atoms with E-state index in [9.17, 15) is 45.3 Å². The van der Waals surface area contributed by atoms with E-state index in [1.165, 1.54) is 116 Å². The smallest absolute Gasteiger partial charge is 0.306 e. The van der Waals surface area contributed by atoms with Gasteiger partial charge in [-0.15, -0.1) is 0 Å². The van der Waals surface area contributed by atoms with Gasteiger partial charge in [-0.1, -0.05) is 161 Å². The standard InChI is InChI=1S/C50H92O15/c1-3-5-7-9-11-13-15-17-18-19-20-21-23-24-26-28-30-32-41(52)60-35-38(63-42(53)33-31-29-27-25-22-16-14-12-10-8-6-4-2)36-61-49-48(59)46(57)44(55)40(65-49)37-62-50-47(58)45(56)43(54)39(34-51)64-50/h17-18,38-40,43-51,54-59H,3-16,19-37H2,1-2H3/b18-17+/t38-,39+,40+,43-,44-,45?,46?,47?,48?,49+,50+/m0/s1. The molecule has 0 saturated carbocycles. The van der Waals surface area contributed by atoms with Gasteiger partial charge in [0.1, 0.15) is 55.4 Å². The van der Waals surface area contributed by atoms with Crippen LogP contribution in [0.5, 0.6) is 0 Å². The average Bonchev–Trinajstić information content (AvgIpc) is 3.30. The summed E-state index contributed by atoms with van der Waals surface area (Å²) in [6.07, 6.45) is 19.5. The summed E-state index contributed by atoms with van der Waals surface area (Å²) < 4.78 is 33.6. The first kappa shape index (κ1) is 59.4. The van der Waals surface area contributed by atoms with Crippen LogP contribution in [0.3, 0.4) is 0 Å². The first-order chi connectivity index (χ1) is 31.5. The fourth-order valence-corrected chi connectivity index (χ4v) is 8.21. The zero-order chi connectivity index (χ0) is 47.5. The molecule has 2 aliphatic rings. The number of carbonyl (C=O) groups is 2. The minimum absolute atomic E-state index is 0.169. The van der Waals surface area contributed by atoms with Gasteiger partial charge in [0.15, 0.2) is 18.7 Å². The highest BCUT2D eigenvalue weighted by atomic mass is 16.7. The highest BCUT2D eigenvalue weighted by molar-refractivity contribution is 5.70. The lowest BCUT2D eigenvalue weighted by Gasteiger charge is -2.42. The maximum Gasteiger partial charge on any atom is 0.306 e. The molecular weight excluding hydrogens is 841 g/mol. The Labute approximate surface area is 390 Å². The molecule has 0 aromatic rings. The normalized spacial score (nSPS) is 26.4. The van der Waals surface area contributed by atoms with Gasteiger partial charge >= 0.3 is 11.9 Å². The molecule has 0 spiro atoms. The van der Waals surface area contributed by atoms with E-state index in [1.807, 2.05) is 0 Å². The highest BCUT2D eigenvalue weighted by Gasteiger charge is 2.47. The third-order valence-corrected chi connectivity index (χ3v) is 12.5. The highest BCUT2D eigenvalue weighted by Crippen LogP contribution is 2.26. The summed E-state index contributed by atoms with van der Waals surface area (Å²) in [5.41, 5.74) is 0. The van der Waals surface area contributed by atoms with Gasteiger partial charge in [-0.3, -0.25) is 9.59 Å². The number of hydrogen-bond acceptors (Lipinski definition) is 15. The van der Waals surface area contributed by atoms with Crippen molar-refractivity contribution in [3.63, 3.8) is 0 Å². The summed E-state index contributed by atoms with van der Waals surface area (Å²) in [5.74, 6) is -0.921. The van der Waals surface area contributed by atoms with Crippen LogP contribution < -0.4 is 0 Å². The zero-order valence-electron chi connectivity index (χ0n) is 40.2. The molecule has 0 amide bonds. The van der Waals surface area contributed by atoms with E-state index in [0.717, 1.165) is 44.9 Å². The molecule has 382 valence electrons. The second-order valence-electron chi connectivity index (χ2n) is 18.4. The third-order valence-electron chi connectivity index (χ3n) is 12.5.